The Balaban J connectivity index is 1.83. The summed E-state index contributed by atoms with van der Waals surface area (Å²) in [7, 11) is 0. The maximum Gasteiger partial charge on any atom is 0.251 e. The Kier molecular flexibility index (Phi) is 6.55. The molecule has 0 bridgehead atoms. The van der Waals surface area contributed by atoms with E-state index >= 15 is 0 Å². The van der Waals surface area contributed by atoms with E-state index in [1.165, 1.54) is 5.56 Å². The van der Waals surface area contributed by atoms with Gasteiger partial charge in [-0.05, 0) is 49.6 Å². The number of hydrogen-bond acceptors (Lipinski definition) is 2. The van der Waals surface area contributed by atoms with Crippen LogP contribution in [0.2, 0.25) is 0 Å². The van der Waals surface area contributed by atoms with Crippen molar-refractivity contribution in [3.63, 3.8) is 0 Å². The third-order valence-electron chi connectivity index (χ3n) is 3.84. The summed E-state index contributed by atoms with van der Waals surface area (Å²) in [5, 5.41) is 5.78. The average molecular weight is 324 g/mol. The molecule has 0 aromatic heterocycles. The highest BCUT2D eigenvalue weighted by Crippen LogP contribution is 2.11. The molecule has 0 unspecified atom stereocenters. The molecule has 2 N–H and O–H groups in total. The molecule has 4 heteroatoms. The molecule has 0 aliphatic rings. The molecule has 2 aromatic rings. The van der Waals surface area contributed by atoms with Crippen LogP contribution < -0.4 is 10.6 Å². The Hall–Kier alpha value is -2.62. The highest BCUT2D eigenvalue weighted by Gasteiger charge is 2.10. The Bertz CT molecular complexity index is 666. The number of rotatable bonds is 7. The van der Waals surface area contributed by atoms with Crippen molar-refractivity contribution in [3.8, 4) is 0 Å². The van der Waals surface area contributed by atoms with Crippen LogP contribution in [0.1, 0.15) is 42.6 Å². The summed E-state index contributed by atoms with van der Waals surface area (Å²) in [4.78, 5) is 23.6. The second kappa shape index (κ2) is 8.87. The molecule has 0 aliphatic carbocycles. The number of carbonyl (C=O) groups is 2. The van der Waals surface area contributed by atoms with Crippen LogP contribution in [-0.4, -0.2) is 17.9 Å². The lowest BCUT2D eigenvalue weighted by atomic mass is 10.1. The van der Waals surface area contributed by atoms with Gasteiger partial charge in [-0.15, -0.1) is 0 Å². The predicted octanol–water partition coefficient (Wildman–Crippen LogP) is 3.79. The molecule has 2 rings (SSSR count). The van der Waals surface area contributed by atoms with Crippen LogP contribution in [0.25, 0.3) is 0 Å². The van der Waals surface area contributed by atoms with Crippen LogP contribution in [-0.2, 0) is 11.2 Å². The van der Waals surface area contributed by atoms with Gasteiger partial charge in [0, 0.05) is 23.7 Å². The minimum atomic E-state index is -0.0936. The van der Waals surface area contributed by atoms with Gasteiger partial charge in [0.05, 0.1) is 0 Å². The molecule has 1 atom stereocenters. The first-order valence-corrected chi connectivity index (χ1v) is 8.33. The van der Waals surface area contributed by atoms with E-state index < -0.39 is 0 Å². The van der Waals surface area contributed by atoms with E-state index in [2.05, 4.69) is 22.8 Å². The Morgan fingerprint density at radius 2 is 1.67 bits per heavy atom. The van der Waals surface area contributed by atoms with Gasteiger partial charge in [-0.25, -0.2) is 0 Å². The number of benzene rings is 2. The number of anilines is 1. The molecule has 0 radical (unpaired) electrons. The Morgan fingerprint density at radius 3 is 2.29 bits per heavy atom. The molecule has 0 saturated heterocycles. The summed E-state index contributed by atoms with van der Waals surface area (Å²) >= 11 is 0. The van der Waals surface area contributed by atoms with Crippen molar-refractivity contribution < 1.29 is 9.59 Å². The van der Waals surface area contributed by atoms with E-state index in [4.69, 9.17) is 0 Å². The first-order valence-electron chi connectivity index (χ1n) is 8.33. The summed E-state index contributed by atoms with van der Waals surface area (Å²) in [6.07, 6.45) is 2.26. The molecule has 4 nitrogen and oxygen atoms in total. The summed E-state index contributed by atoms with van der Waals surface area (Å²) < 4.78 is 0. The van der Waals surface area contributed by atoms with Gasteiger partial charge in [0.15, 0.2) is 0 Å². The predicted molar refractivity (Wildman–Crippen MR) is 97.1 cm³/mol. The first kappa shape index (κ1) is 17.7. The zero-order valence-corrected chi connectivity index (χ0v) is 14.2. The van der Waals surface area contributed by atoms with Crippen molar-refractivity contribution in [3.05, 3.63) is 65.7 Å². The van der Waals surface area contributed by atoms with Crippen LogP contribution in [0.15, 0.2) is 54.6 Å². The van der Waals surface area contributed by atoms with E-state index in [1.807, 2.05) is 25.1 Å². The van der Waals surface area contributed by atoms with Gasteiger partial charge in [-0.3, -0.25) is 9.59 Å². The lowest BCUT2D eigenvalue weighted by Gasteiger charge is -2.14. The summed E-state index contributed by atoms with van der Waals surface area (Å²) in [6, 6.07) is 17.3. The number of hydrogen-bond donors (Lipinski definition) is 2. The quantitative estimate of drug-likeness (QED) is 0.814. The van der Waals surface area contributed by atoms with E-state index in [0.29, 0.717) is 17.7 Å². The van der Waals surface area contributed by atoms with Crippen LogP contribution in [0.4, 0.5) is 5.69 Å². The van der Waals surface area contributed by atoms with E-state index in [9.17, 15) is 9.59 Å². The standard InChI is InChI=1S/C20H24N2O2/c1-3-19(23)22-18-13-11-17(12-14-18)20(24)21-15(2)9-10-16-7-5-4-6-8-16/h4-8,11-15H,3,9-10H2,1-2H3,(H,21,24)(H,22,23)/t15-/m1/s1. The van der Waals surface area contributed by atoms with Gasteiger partial charge < -0.3 is 10.6 Å². The topological polar surface area (TPSA) is 58.2 Å². The van der Waals surface area contributed by atoms with Gasteiger partial charge in [0.1, 0.15) is 0 Å². The molecule has 24 heavy (non-hydrogen) atoms. The highest BCUT2D eigenvalue weighted by atomic mass is 16.2. The van der Waals surface area contributed by atoms with Crippen molar-refractivity contribution in [2.45, 2.75) is 39.2 Å². The van der Waals surface area contributed by atoms with E-state index in [0.717, 1.165) is 12.8 Å². The third-order valence-corrected chi connectivity index (χ3v) is 3.84. The monoisotopic (exact) mass is 324 g/mol. The second-order valence-electron chi connectivity index (χ2n) is 5.88. The van der Waals surface area contributed by atoms with Crippen molar-refractivity contribution in [2.75, 3.05) is 5.32 Å². The summed E-state index contributed by atoms with van der Waals surface area (Å²) in [5.74, 6) is -0.134. The molecule has 0 spiro atoms. The van der Waals surface area contributed by atoms with Gasteiger partial charge in [-0.2, -0.15) is 0 Å². The number of amides is 2. The zero-order chi connectivity index (χ0) is 17.4. The highest BCUT2D eigenvalue weighted by molar-refractivity contribution is 5.95. The van der Waals surface area contributed by atoms with Crippen LogP contribution in [0.3, 0.4) is 0 Å². The van der Waals surface area contributed by atoms with Crippen molar-refractivity contribution in [2.24, 2.45) is 0 Å². The molecule has 2 aromatic carbocycles. The summed E-state index contributed by atoms with van der Waals surface area (Å²) in [5.41, 5.74) is 2.57. The first-order chi connectivity index (χ1) is 11.6. The van der Waals surface area contributed by atoms with Gasteiger partial charge in [0.2, 0.25) is 5.91 Å². The van der Waals surface area contributed by atoms with Crippen LogP contribution >= 0.6 is 0 Å². The van der Waals surface area contributed by atoms with Crippen molar-refractivity contribution >= 4 is 17.5 Å². The van der Waals surface area contributed by atoms with Gasteiger partial charge in [0.25, 0.3) is 5.91 Å². The zero-order valence-electron chi connectivity index (χ0n) is 14.2. The van der Waals surface area contributed by atoms with Crippen LogP contribution in [0, 0.1) is 0 Å². The minimum Gasteiger partial charge on any atom is -0.350 e. The maximum atomic E-state index is 12.3. The molecule has 2 amide bonds. The molecule has 0 saturated carbocycles. The maximum absolute atomic E-state index is 12.3. The fraction of sp³-hybridized carbons (Fsp3) is 0.300. The SMILES string of the molecule is CCC(=O)Nc1ccc(C(=O)N[C@H](C)CCc2ccccc2)cc1. The van der Waals surface area contributed by atoms with Crippen molar-refractivity contribution in [1.82, 2.24) is 5.32 Å². The van der Waals surface area contributed by atoms with E-state index in [1.54, 1.807) is 31.2 Å². The van der Waals surface area contributed by atoms with E-state index in [-0.39, 0.29) is 17.9 Å². The molecule has 126 valence electrons. The smallest absolute Gasteiger partial charge is 0.251 e. The van der Waals surface area contributed by atoms with Gasteiger partial charge >= 0.3 is 0 Å². The lowest BCUT2D eigenvalue weighted by Crippen LogP contribution is -2.32. The molecule has 0 fully saturated rings. The third kappa shape index (κ3) is 5.54. The van der Waals surface area contributed by atoms with Gasteiger partial charge in [-0.1, -0.05) is 37.3 Å². The summed E-state index contributed by atoms with van der Waals surface area (Å²) in [6.45, 7) is 3.81. The number of nitrogens with one attached hydrogen (secondary N) is 2. The Labute approximate surface area is 143 Å². The normalized spacial score (nSPS) is 11.6. The number of carbonyl (C=O) groups excluding carboxylic acids is 2. The van der Waals surface area contributed by atoms with Crippen LogP contribution in [0.5, 0.6) is 0 Å². The number of aryl methyl sites for hydroxylation is 1. The molecular weight excluding hydrogens is 300 g/mol. The fourth-order valence-corrected chi connectivity index (χ4v) is 2.36. The molecule has 0 aliphatic heterocycles. The average Bonchev–Trinajstić information content (AvgIpc) is 2.61. The Morgan fingerprint density at radius 1 is 1.00 bits per heavy atom. The lowest BCUT2D eigenvalue weighted by molar-refractivity contribution is -0.115. The minimum absolute atomic E-state index is 0.0401. The van der Waals surface area contributed by atoms with Crippen molar-refractivity contribution in [1.29, 1.82) is 0 Å². The molecule has 0 heterocycles. The largest absolute Gasteiger partial charge is 0.350 e. The second-order valence-corrected chi connectivity index (χ2v) is 5.88. The molecular formula is C20H24N2O2. The fourth-order valence-electron chi connectivity index (χ4n) is 2.36.